The third kappa shape index (κ3) is 3.05. The molecular weight excluding hydrogens is 234 g/mol. The van der Waals surface area contributed by atoms with E-state index in [9.17, 15) is 0 Å². The van der Waals surface area contributed by atoms with Crippen LogP contribution < -0.4 is 10.5 Å². The third-order valence-electron chi connectivity index (χ3n) is 2.46. The SMILES string of the molecule is COc1ccc(CSc2occc2CN)cc1. The zero-order chi connectivity index (χ0) is 12.1. The molecule has 0 saturated carbocycles. The number of rotatable bonds is 5. The van der Waals surface area contributed by atoms with E-state index in [1.54, 1.807) is 25.1 Å². The van der Waals surface area contributed by atoms with Crippen molar-refractivity contribution in [1.29, 1.82) is 0 Å². The number of nitrogens with two attached hydrogens (primary N) is 1. The second kappa shape index (κ2) is 5.80. The Balaban J connectivity index is 1.97. The lowest BCUT2D eigenvalue weighted by Gasteiger charge is -2.03. The number of benzene rings is 1. The lowest BCUT2D eigenvalue weighted by molar-refractivity contribution is 0.414. The second-order valence-electron chi connectivity index (χ2n) is 3.57. The van der Waals surface area contributed by atoms with Crippen LogP contribution in [0.4, 0.5) is 0 Å². The molecule has 90 valence electrons. The van der Waals surface area contributed by atoms with Gasteiger partial charge in [0.05, 0.1) is 13.4 Å². The van der Waals surface area contributed by atoms with E-state index in [0.29, 0.717) is 6.54 Å². The first-order valence-corrected chi connectivity index (χ1v) is 6.34. The summed E-state index contributed by atoms with van der Waals surface area (Å²) in [4.78, 5) is 0. The van der Waals surface area contributed by atoms with Gasteiger partial charge in [-0.3, -0.25) is 0 Å². The smallest absolute Gasteiger partial charge is 0.164 e. The lowest BCUT2D eigenvalue weighted by atomic mass is 10.2. The van der Waals surface area contributed by atoms with Crippen molar-refractivity contribution in [2.24, 2.45) is 5.73 Å². The summed E-state index contributed by atoms with van der Waals surface area (Å²) in [5.41, 5.74) is 7.90. The van der Waals surface area contributed by atoms with Gasteiger partial charge in [-0.05, 0) is 23.8 Å². The largest absolute Gasteiger partial charge is 0.497 e. The molecule has 2 N–H and O–H groups in total. The van der Waals surface area contributed by atoms with Crippen LogP contribution in [0.2, 0.25) is 0 Å². The van der Waals surface area contributed by atoms with Crippen molar-refractivity contribution < 1.29 is 9.15 Å². The quantitative estimate of drug-likeness (QED) is 0.827. The zero-order valence-corrected chi connectivity index (χ0v) is 10.5. The van der Waals surface area contributed by atoms with E-state index < -0.39 is 0 Å². The highest BCUT2D eigenvalue weighted by Gasteiger charge is 2.05. The molecule has 4 heteroatoms. The van der Waals surface area contributed by atoms with E-state index in [4.69, 9.17) is 14.9 Å². The van der Waals surface area contributed by atoms with Crippen molar-refractivity contribution in [2.45, 2.75) is 17.4 Å². The molecule has 3 nitrogen and oxygen atoms in total. The number of thioether (sulfide) groups is 1. The molecule has 1 heterocycles. The summed E-state index contributed by atoms with van der Waals surface area (Å²) in [6.07, 6.45) is 1.68. The van der Waals surface area contributed by atoms with Crippen molar-refractivity contribution in [1.82, 2.24) is 0 Å². The van der Waals surface area contributed by atoms with Gasteiger partial charge in [0.25, 0.3) is 0 Å². The Morgan fingerprint density at radius 1 is 1.24 bits per heavy atom. The molecule has 2 aromatic rings. The number of methoxy groups -OCH3 is 1. The number of furan rings is 1. The maximum absolute atomic E-state index is 5.61. The fourth-order valence-electron chi connectivity index (χ4n) is 1.47. The van der Waals surface area contributed by atoms with Gasteiger partial charge in [-0.15, -0.1) is 0 Å². The molecule has 2 rings (SSSR count). The van der Waals surface area contributed by atoms with Crippen LogP contribution in [0.3, 0.4) is 0 Å². The van der Waals surface area contributed by atoms with Crippen LogP contribution in [0.5, 0.6) is 5.75 Å². The number of ether oxygens (including phenoxy) is 1. The van der Waals surface area contributed by atoms with Crippen LogP contribution in [0.15, 0.2) is 46.1 Å². The monoisotopic (exact) mass is 249 g/mol. The van der Waals surface area contributed by atoms with Gasteiger partial charge >= 0.3 is 0 Å². The molecule has 0 unspecified atom stereocenters. The molecule has 0 aliphatic rings. The molecule has 17 heavy (non-hydrogen) atoms. The van der Waals surface area contributed by atoms with Gasteiger partial charge in [0, 0.05) is 17.9 Å². The predicted molar refractivity (Wildman–Crippen MR) is 69.2 cm³/mol. The highest BCUT2D eigenvalue weighted by Crippen LogP contribution is 2.27. The van der Waals surface area contributed by atoms with Gasteiger partial charge < -0.3 is 14.9 Å². The highest BCUT2D eigenvalue weighted by molar-refractivity contribution is 7.98. The van der Waals surface area contributed by atoms with Crippen LogP contribution in [0, 0.1) is 0 Å². The predicted octanol–water partition coefficient (Wildman–Crippen LogP) is 3.04. The van der Waals surface area contributed by atoms with Crippen LogP contribution in [0.25, 0.3) is 0 Å². The van der Waals surface area contributed by atoms with Crippen LogP contribution in [-0.2, 0) is 12.3 Å². The van der Waals surface area contributed by atoms with Crippen molar-refractivity contribution in [3.05, 3.63) is 47.7 Å². The Bertz CT molecular complexity index is 465. The first-order valence-electron chi connectivity index (χ1n) is 5.35. The maximum Gasteiger partial charge on any atom is 0.164 e. The van der Waals surface area contributed by atoms with Gasteiger partial charge in [-0.25, -0.2) is 0 Å². The Labute approximate surface area is 105 Å². The molecule has 0 aliphatic carbocycles. The number of hydrogen-bond donors (Lipinski definition) is 1. The van der Waals surface area contributed by atoms with E-state index >= 15 is 0 Å². The zero-order valence-electron chi connectivity index (χ0n) is 9.68. The van der Waals surface area contributed by atoms with Gasteiger partial charge in [-0.2, -0.15) is 0 Å². The summed E-state index contributed by atoms with van der Waals surface area (Å²) in [6.45, 7) is 0.515. The van der Waals surface area contributed by atoms with Crippen molar-refractivity contribution in [2.75, 3.05) is 7.11 Å². The van der Waals surface area contributed by atoms with Gasteiger partial charge in [0.15, 0.2) is 5.09 Å². The molecule has 0 spiro atoms. The molecule has 1 aromatic heterocycles. The standard InChI is InChI=1S/C13H15NO2S/c1-15-12-4-2-10(3-5-12)9-17-13-11(8-14)6-7-16-13/h2-7H,8-9,14H2,1H3. The average Bonchev–Trinajstić information content (AvgIpc) is 2.84. The Morgan fingerprint density at radius 2 is 2.00 bits per heavy atom. The average molecular weight is 249 g/mol. The van der Waals surface area contributed by atoms with Crippen LogP contribution >= 0.6 is 11.8 Å². The molecule has 0 atom stereocenters. The normalized spacial score (nSPS) is 10.5. The molecule has 0 saturated heterocycles. The molecule has 1 aromatic carbocycles. The van der Waals surface area contributed by atoms with Crippen LogP contribution in [-0.4, -0.2) is 7.11 Å². The summed E-state index contributed by atoms with van der Waals surface area (Å²) in [5, 5.41) is 0.906. The minimum atomic E-state index is 0.515. The molecular formula is C13H15NO2S. The first-order chi connectivity index (χ1) is 8.33. The fraction of sp³-hybridized carbons (Fsp3) is 0.231. The summed E-state index contributed by atoms with van der Waals surface area (Å²) < 4.78 is 10.5. The molecule has 0 radical (unpaired) electrons. The minimum absolute atomic E-state index is 0.515. The van der Waals surface area contributed by atoms with Crippen molar-refractivity contribution in [3.8, 4) is 5.75 Å². The summed E-state index contributed by atoms with van der Waals surface area (Å²) in [5.74, 6) is 1.74. The minimum Gasteiger partial charge on any atom is -0.497 e. The summed E-state index contributed by atoms with van der Waals surface area (Å²) >= 11 is 1.66. The summed E-state index contributed by atoms with van der Waals surface area (Å²) in [6, 6.07) is 9.94. The molecule has 0 fully saturated rings. The van der Waals surface area contributed by atoms with E-state index in [-0.39, 0.29) is 0 Å². The Hall–Kier alpha value is -1.39. The summed E-state index contributed by atoms with van der Waals surface area (Å²) in [7, 11) is 1.67. The molecule has 0 aliphatic heterocycles. The Morgan fingerprint density at radius 3 is 2.65 bits per heavy atom. The molecule has 0 bridgehead atoms. The van der Waals surface area contributed by atoms with Gasteiger partial charge in [-0.1, -0.05) is 23.9 Å². The van der Waals surface area contributed by atoms with Crippen molar-refractivity contribution >= 4 is 11.8 Å². The second-order valence-corrected chi connectivity index (χ2v) is 4.52. The van der Waals surface area contributed by atoms with E-state index in [1.165, 1.54) is 5.56 Å². The van der Waals surface area contributed by atoms with E-state index in [1.807, 2.05) is 18.2 Å². The van der Waals surface area contributed by atoms with E-state index in [2.05, 4.69) is 12.1 Å². The Kier molecular flexibility index (Phi) is 4.12. The van der Waals surface area contributed by atoms with Crippen molar-refractivity contribution in [3.63, 3.8) is 0 Å². The van der Waals surface area contributed by atoms with Crippen LogP contribution in [0.1, 0.15) is 11.1 Å². The maximum atomic E-state index is 5.61. The lowest BCUT2D eigenvalue weighted by Crippen LogP contribution is -1.95. The van der Waals surface area contributed by atoms with E-state index in [0.717, 1.165) is 22.2 Å². The molecule has 0 amide bonds. The van der Waals surface area contributed by atoms with Gasteiger partial charge in [0.1, 0.15) is 5.75 Å². The topological polar surface area (TPSA) is 48.4 Å². The number of hydrogen-bond acceptors (Lipinski definition) is 4. The highest BCUT2D eigenvalue weighted by atomic mass is 32.2. The van der Waals surface area contributed by atoms with Gasteiger partial charge in [0.2, 0.25) is 0 Å². The first kappa shape index (κ1) is 12.1. The fourth-order valence-corrected chi connectivity index (χ4v) is 2.42. The third-order valence-corrected chi connectivity index (χ3v) is 3.55.